The Balaban J connectivity index is 0. The van der Waals surface area contributed by atoms with Crippen LogP contribution in [0.25, 0.3) is 15.6 Å². The Morgan fingerprint density at radius 3 is 1.05 bits per heavy atom. The van der Waals surface area contributed by atoms with Crippen molar-refractivity contribution in [1.82, 2.24) is 0 Å². The molecule has 0 bridgehead atoms. The average molecular weight is 1800 g/mol. The topological polar surface area (TPSA) is 52.0 Å². The number of rotatable bonds is 15. The monoisotopic (exact) mass is 1800 g/mol. The maximum atomic E-state index is 5.19. The molecule has 6 atom stereocenters. The summed E-state index contributed by atoms with van der Waals surface area (Å²) in [6.07, 6.45) is 17.0. The van der Waals surface area contributed by atoms with Crippen LogP contribution in [0.3, 0.4) is 0 Å². The molecule has 6 nitrogen and oxygen atoms in total. The molecule has 100 heavy (non-hydrogen) atoms. The SMILES string of the molecule is C[N-]c1ccccc1[Si](C)(C)C1C(C)C(C)C(C)C1C.C[Si](C)(C)[N-]c1ccccc1[Si](C)(C)C1CCC([Si](C)(C)C)C1.C[Si](C)(c1ccccc1[N-]C1CCCCC1)C1CCCC1.[CH2-]c1ccccc1N(C)C.[CH2-]c1ccccc1N(C)C.[CH2-]c1ccccc1N(C)C.[CH3-].[CH3-].[CH3-].[La+3].[Lu+3].[Y+3]. The number of nitrogens with zero attached hydrogens (tertiary/aromatic N) is 6. The predicted molar refractivity (Wildman–Crippen MR) is 458 cm³/mol. The Morgan fingerprint density at radius 2 is 0.700 bits per heavy atom. The van der Waals surface area contributed by atoms with Crippen LogP contribution in [-0.4, -0.2) is 95.9 Å². The van der Waals surface area contributed by atoms with Crippen LogP contribution in [0.1, 0.15) is 121 Å². The van der Waals surface area contributed by atoms with Gasteiger partial charge in [-0.1, -0.05) is 325 Å². The van der Waals surface area contributed by atoms with Gasteiger partial charge >= 0.3 is 105 Å². The molecule has 4 aliphatic rings. The molecule has 4 aliphatic carbocycles. The summed E-state index contributed by atoms with van der Waals surface area (Å²) in [4.78, 5) is 11.4. The van der Waals surface area contributed by atoms with Gasteiger partial charge in [0.2, 0.25) is 0 Å². The van der Waals surface area contributed by atoms with E-state index in [4.69, 9.17) is 10.3 Å². The molecular formula is C86H141LaLuN6Si5Y. The number of hydrogen-bond acceptors (Lipinski definition) is 3. The maximum absolute atomic E-state index is 5.19. The Hall–Kier alpha value is -1.65. The molecule has 0 N–H and O–H groups in total. The third-order valence-corrected chi connectivity index (χ3v) is 39.5. The van der Waals surface area contributed by atoms with Crippen molar-refractivity contribution in [2.45, 2.75) is 212 Å². The first-order valence-electron chi connectivity index (χ1n) is 36.1. The molecule has 0 heterocycles. The summed E-state index contributed by atoms with van der Waals surface area (Å²) < 4.78 is 0. The second kappa shape index (κ2) is 46.5. The number of hydrogen-bond donors (Lipinski definition) is 0. The average Bonchev–Trinajstić information content (AvgIpc) is 1.58. The first kappa shape index (κ1) is 100. The van der Waals surface area contributed by atoms with Crippen molar-refractivity contribution in [3.8, 4) is 0 Å². The molecule has 6 aromatic rings. The third-order valence-electron chi connectivity index (χ3n) is 22.3. The minimum atomic E-state index is -1.52. The van der Waals surface area contributed by atoms with Gasteiger partial charge < -0.3 is 52.6 Å². The smallest absolute Gasteiger partial charge is 0.687 e. The van der Waals surface area contributed by atoms with E-state index >= 15 is 0 Å². The fraction of sp³-hybridized carbons (Fsp3) is 0.512. The molecule has 6 unspecified atom stereocenters. The molecule has 10 rings (SSSR count). The van der Waals surface area contributed by atoms with Crippen LogP contribution in [0, 0.1) is 139 Å². The Bertz CT molecular complexity index is 3070. The fourth-order valence-electron chi connectivity index (χ4n) is 16.2. The van der Waals surface area contributed by atoms with E-state index in [0.29, 0.717) is 6.04 Å². The first-order valence-corrected chi connectivity index (χ1v) is 52.4. The predicted octanol–water partition coefficient (Wildman–Crippen LogP) is 24.9. The molecule has 0 aromatic heterocycles. The van der Waals surface area contributed by atoms with Gasteiger partial charge in [-0.15, -0.1) is 48.4 Å². The van der Waals surface area contributed by atoms with Crippen molar-refractivity contribution in [2.75, 3.05) is 64.0 Å². The third kappa shape index (κ3) is 29.1. The van der Waals surface area contributed by atoms with Gasteiger partial charge in [0.15, 0.2) is 0 Å². The molecular weight excluding hydrogens is 1660 g/mol. The minimum Gasteiger partial charge on any atom is -0.687 e. The summed E-state index contributed by atoms with van der Waals surface area (Å²) in [6, 6.07) is 51.8. The summed E-state index contributed by atoms with van der Waals surface area (Å²) in [5.74, 6) is 3.33. The summed E-state index contributed by atoms with van der Waals surface area (Å²) in [5.41, 5.74) is 14.5. The molecule has 556 valence electrons. The molecule has 0 spiro atoms. The van der Waals surface area contributed by atoms with Crippen LogP contribution in [0.4, 0.5) is 34.1 Å². The van der Waals surface area contributed by atoms with E-state index in [9.17, 15) is 0 Å². The van der Waals surface area contributed by atoms with Crippen LogP contribution in [-0.2, 0) is 32.7 Å². The van der Waals surface area contributed by atoms with Crippen molar-refractivity contribution in [3.05, 3.63) is 221 Å². The van der Waals surface area contributed by atoms with Gasteiger partial charge in [-0.3, -0.25) is 0 Å². The zero-order chi connectivity index (χ0) is 69.9. The largest absolute Gasteiger partial charge is 3.00 e. The van der Waals surface area contributed by atoms with Gasteiger partial charge in [-0.05, 0) is 96.4 Å². The first-order chi connectivity index (χ1) is 44.1. The zero-order valence-electron chi connectivity index (χ0n) is 68.3. The normalized spacial score (nSPS) is 19.5. The summed E-state index contributed by atoms with van der Waals surface area (Å²) >= 11 is 0. The fourth-order valence-corrected chi connectivity index (χ4v) is 31.6. The van der Waals surface area contributed by atoms with Crippen molar-refractivity contribution in [1.29, 1.82) is 0 Å². The van der Waals surface area contributed by atoms with Crippen molar-refractivity contribution >= 4 is 90.2 Å². The van der Waals surface area contributed by atoms with E-state index in [1.165, 1.54) is 111 Å². The van der Waals surface area contributed by atoms with Gasteiger partial charge in [0.1, 0.15) is 0 Å². The van der Waals surface area contributed by atoms with Crippen LogP contribution in [0.2, 0.25) is 101 Å². The van der Waals surface area contributed by atoms with Gasteiger partial charge in [0.25, 0.3) is 0 Å². The molecule has 0 saturated heterocycles. The second-order valence-electron chi connectivity index (χ2n) is 32.7. The molecule has 14 heteroatoms. The van der Waals surface area contributed by atoms with Gasteiger partial charge in [0.05, 0.1) is 24.2 Å². The molecule has 4 saturated carbocycles. The van der Waals surface area contributed by atoms with Crippen LogP contribution in [0.15, 0.2) is 146 Å². The quantitative estimate of drug-likeness (QED) is 0.0760. The number of para-hydroxylation sites is 5. The van der Waals surface area contributed by atoms with E-state index in [0.717, 1.165) is 62.5 Å². The van der Waals surface area contributed by atoms with Gasteiger partial charge in [-0.25, -0.2) is 0 Å². The van der Waals surface area contributed by atoms with Crippen molar-refractivity contribution in [3.63, 3.8) is 0 Å². The molecule has 0 amide bonds. The summed E-state index contributed by atoms with van der Waals surface area (Å²) in [7, 11) is 7.26. The summed E-state index contributed by atoms with van der Waals surface area (Å²) in [5, 5.41) is 14.5. The van der Waals surface area contributed by atoms with E-state index in [-0.39, 0.29) is 127 Å². The van der Waals surface area contributed by atoms with Crippen molar-refractivity contribution < 1.29 is 105 Å². The zero-order valence-corrected chi connectivity index (χ0v) is 81.4. The van der Waals surface area contributed by atoms with E-state index in [1.807, 2.05) is 104 Å². The van der Waals surface area contributed by atoms with Gasteiger partial charge in [0, 0.05) is 8.07 Å². The Labute approximate surface area is 707 Å². The maximum Gasteiger partial charge on any atom is 3.00 e. The molecule has 4 fully saturated rings. The van der Waals surface area contributed by atoms with E-state index < -0.39 is 40.5 Å². The second-order valence-corrected chi connectivity index (χ2v) is 57.1. The van der Waals surface area contributed by atoms with Gasteiger partial charge in [-0.2, -0.15) is 55.7 Å². The summed E-state index contributed by atoms with van der Waals surface area (Å²) in [6.45, 7) is 51.7. The van der Waals surface area contributed by atoms with Crippen LogP contribution in [0.5, 0.6) is 0 Å². The van der Waals surface area contributed by atoms with Crippen molar-refractivity contribution in [2.24, 2.45) is 23.7 Å². The standard InChI is InChI=1S/C19H36NSi3.C19H30NSi.C18H30NSi.3C9H12N.3CH3.La.Lu.Y/c1-21(2,3)16-13-14-17(15-16)23(7,8)19-12-10-9-11-18(19)20-22(4,5)6;1-21(2,17-12-6-7-13-17)19-15-9-8-14-18(19)20-16-10-4-3-5-11-16;1-12-13(2)15(4)18(14(12)3)20(6,7)17-11-9-8-10-16(17)19-5;3*1-8-6-4-5-7-9(8)10(2)3;;;;;;/h9-12,16-17H,13-15H2,1-8H3;8-9,14-17H,3-7,10-13H2,1-2H3;8-15,18H,1-7H3;3*4-7H,1H2,2-3H3;3*1H3;;;/q9*-1;3*+3. The van der Waals surface area contributed by atoms with Crippen LogP contribution < -0.4 is 30.3 Å². The van der Waals surface area contributed by atoms with Crippen LogP contribution >= 0.6 is 0 Å². The molecule has 0 radical (unpaired) electrons. The Kier molecular flexibility index (Phi) is 46.7. The molecule has 6 aromatic carbocycles. The Morgan fingerprint density at radius 1 is 0.380 bits per heavy atom. The minimum absolute atomic E-state index is 0. The van der Waals surface area contributed by atoms with E-state index in [2.05, 4.69) is 238 Å². The number of benzene rings is 6. The number of anilines is 3. The van der Waals surface area contributed by atoms with E-state index in [1.54, 1.807) is 15.6 Å². The molecule has 0 aliphatic heterocycles.